The molecule has 1 aromatic heterocycles. The van der Waals surface area contributed by atoms with Gasteiger partial charge in [0.25, 0.3) is 22.6 Å². The number of hydrogen-bond acceptors (Lipinski definition) is 5. The predicted octanol–water partition coefficient (Wildman–Crippen LogP) is 3.07. The van der Waals surface area contributed by atoms with Crippen LogP contribution in [0.3, 0.4) is 0 Å². The van der Waals surface area contributed by atoms with Crippen molar-refractivity contribution in [2.24, 2.45) is 7.05 Å². The number of hydrogen-bond donors (Lipinski definition) is 0. The van der Waals surface area contributed by atoms with Crippen molar-refractivity contribution in [1.82, 2.24) is 9.36 Å². The second kappa shape index (κ2) is 7.10. The molecule has 0 radical (unpaired) electrons. The SMILES string of the molecule is Cc1c(N2C(=O)SC(=C3C(=O)N(C)c4ccccc43)C2=O)c(=O)n(-c2ccccc2)n1C. The summed E-state index contributed by atoms with van der Waals surface area (Å²) in [4.78, 5) is 55.0. The van der Waals surface area contributed by atoms with Crippen molar-refractivity contribution in [1.29, 1.82) is 0 Å². The van der Waals surface area contributed by atoms with Gasteiger partial charge < -0.3 is 4.90 Å². The third-order valence-electron chi connectivity index (χ3n) is 5.80. The van der Waals surface area contributed by atoms with E-state index in [2.05, 4.69) is 0 Å². The molecule has 160 valence electrons. The van der Waals surface area contributed by atoms with Crippen LogP contribution in [0.2, 0.25) is 0 Å². The number of rotatable bonds is 2. The molecular formula is C23H18N4O4S. The lowest BCUT2D eigenvalue weighted by atomic mass is 10.1. The quantitative estimate of drug-likeness (QED) is 0.565. The van der Waals surface area contributed by atoms with Crippen LogP contribution in [0, 0.1) is 6.92 Å². The van der Waals surface area contributed by atoms with Crippen LogP contribution in [-0.4, -0.2) is 33.5 Å². The number of thioether (sulfide) groups is 1. The van der Waals surface area contributed by atoms with E-state index in [-0.39, 0.29) is 22.1 Å². The Morgan fingerprint density at radius 2 is 1.47 bits per heavy atom. The molecule has 0 saturated carbocycles. The van der Waals surface area contributed by atoms with Crippen LogP contribution in [0.4, 0.5) is 16.2 Å². The van der Waals surface area contributed by atoms with Crippen LogP contribution < -0.4 is 15.4 Å². The maximum absolute atomic E-state index is 13.4. The number of imide groups is 1. The Kier molecular flexibility index (Phi) is 4.45. The third-order valence-corrected chi connectivity index (χ3v) is 6.74. The van der Waals surface area contributed by atoms with E-state index in [9.17, 15) is 19.2 Å². The predicted molar refractivity (Wildman–Crippen MR) is 123 cm³/mol. The molecule has 0 spiro atoms. The molecule has 0 unspecified atom stereocenters. The summed E-state index contributed by atoms with van der Waals surface area (Å²) < 4.78 is 3.01. The number of para-hydroxylation sites is 2. The van der Waals surface area contributed by atoms with Crippen LogP contribution in [0.5, 0.6) is 0 Å². The Labute approximate surface area is 187 Å². The van der Waals surface area contributed by atoms with Crippen LogP contribution in [-0.2, 0) is 16.6 Å². The van der Waals surface area contributed by atoms with Crippen molar-refractivity contribution in [2.75, 3.05) is 16.8 Å². The average Bonchev–Trinajstić information content (AvgIpc) is 3.30. The lowest BCUT2D eigenvalue weighted by Crippen LogP contribution is -2.33. The highest BCUT2D eigenvalue weighted by Gasteiger charge is 2.45. The average molecular weight is 446 g/mol. The number of carbonyl (C=O) groups is 3. The molecule has 0 bridgehead atoms. The summed E-state index contributed by atoms with van der Waals surface area (Å²) in [6.07, 6.45) is 0. The second-order valence-electron chi connectivity index (χ2n) is 7.50. The highest BCUT2D eigenvalue weighted by Crippen LogP contribution is 2.44. The summed E-state index contributed by atoms with van der Waals surface area (Å²) in [5.41, 5.74) is 2.02. The molecule has 1 fully saturated rings. The summed E-state index contributed by atoms with van der Waals surface area (Å²) in [6, 6.07) is 16.1. The molecule has 32 heavy (non-hydrogen) atoms. The van der Waals surface area contributed by atoms with Gasteiger partial charge in [-0.2, -0.15) is 0 Å². The van der Waals surface area contributed by atoms with Gasteiger partial charge in [-0.15, -0.1) is 0 Å². The maximum Gasteiger partial charge on any atom is 0.298 e. The van der Waals surface area contributed by atoms with E-state index in [0.717, 1.165) is 4.90 Å². The van der Waals surface area contributed by atoms with Crippen molar-refractivity contribution in [2.45, 2.75) is 6.92 Å². The van der Waals surface area contributed by atoms with Gasteiger partial charge in [-0.05, 0) is 36.9 Å². The van der Waals surface area contributed by atoms with E-state index in [1.807, 2.05) is 6.07 Å². The molecule has 3 amide bonds. The van der Waals surface area contributed by atoms with Crippen LogP contribution in [0.1, 0.15) is 11.3 Å². The fourth-order valence-corrected chi connectivity index (χ4v) is 5.03. The van der Waals surface area contributed by atoms with Gasteiger partial charge in [0.15, 0.2) is 0 Å². The number of aromatic nitrogens is 2. The monoisotopic (exact) mass is 446 g/mol. The molecule has 5 rings (SSSR count). The molecule has 8 nitrogen and oxygen atoms in total. The first-order chi connectivity index (χ1) is 15.3. The molecular weight excluding hydrogens is 428 g/mol. The number of carbonyl (C=O) groups excluding carboxylic acids is 3. The largest absolute Gasteiger partial charge is 0.311 e. The summed E-state index contributed by atoms with van der Waals surface area (Å²) in [6.45, 7) is 1.68. The van der Waals surface area contributed by atoms with E-state index in [1.54, 1.807) is 74.2 Å². The minimum Gasteiger partial charge on any atom is -0.311 e. The highest BCUT2D eigenvalue weighted by molar-refractivity contribution is 8.19. The molecule has 0 aliphatic carbocycles. The Bertz CT molecular complexity index is 1420. The number of benzene rings is 2. The lowest BCUT2D eigenvalue weighted by Gasteiger charge is -2.10. The van der Waals surface area contributed by atoms with Gasteiger partial charge in [0, 0.05) is 19.7 Å². The molecule has 2 aliphatic heterocycles. The maximum atomic E-state index is 13.4. The van der Waals surface area contributed by atoms with Crippen molar-refractivity contribution in [3.8, 4) is 5.69 Å². The van der Waals surface area contributed by atoms with Gasteiger partial charge in [0.1, 0.15) is 5.69 Å². The summed E-state index contributed by atoms with van der Waals surface area (Å²) >= 11 is 0.684. The fraction of sp³-hybridized carbons (Fsp3) is 0.130. The van der Waals surface area contributed by atoms with Crippen molar-refractivity contribution in [3.63, 3.8) is 0 Å². The molecule has 2 aromatic carbocycles. The molecule has 2 aliphatic rings. The van der Waals surface area contributed by atoms with E-state index in [1.165, 1.54) is 9.58 Å². The van der Waals surface area contributed by atoms with Gasteiger partial charge in [-0.3, -0.25) is 23.9 Å². The van der Waals surface area contributed by atoms with Gasteiger partial charge in [0.2, 0.25) is 0 Å². The smallest absolute Gasteiger partial charge is 0.298 e. The minimum atomic E-state index is -0.667. The fourth-order valence-electron chi connectivity index (χ4n) is 4.11. The molecule has 3 heterocycles. The standard InChI is InChI=1S/C23H18N4O4S/c1-13-18(21(29)27(25(13)3)14-9-5-4-6-10-14)26-22(30)19(32-23(26)31)17-15-11-7-8-12-16(15)24(2)20(17)28/h4-12H,1-3H3. The van der Waals surface area contributed by atoms with E-state index in [0.29, 0.717) is 34.4 Å². The van der Waals surface area contributed by atoms with Gasteiger partial charge in [0.05, 0.1) is 27.5 Å². The first-order valence-electron chi connectivity index (χ1n) is 9.85. The molecule has 3 aromatic rings. The first kappa shape index (κ1) is 20.1. The number of fused-ring (bicyclic) bond motifs is 1. The van der Waals surface area contributed by atoms with Crippen LogP contribution >= 0.6 is 11.8 Å². The Balaban J connectivity index is 1.67. The summed E-state index contributed by atoms with van der Waals surface area (Å²) in [5, 5.41) is -0.608. The van der Waals surface area contributed by atoms with Gasteiger partial charge >= 0.3 is 0 Å². The Morgan fingerprint density at radius 1 is 0.812 bits per heavy atom. The number of likely N-dealkylation sites (N-methyl/N-ethyl adjacent to an activating group) is 1. The Morgan fingerprint density at radius 3 is 2.19 bits per heavy atom. The minimum absolute atomic E-state index is 0.0125. The zero-order chi connectivity index (χ0) is 22.7. The third kappa shape index (κ3) is 2.64. The highest BCUT2D eigenvalue weighted by atomic mass is 32.2. The van der Waals surface area contributed by atoms with Crippen molar-refractivity contribution in [3.05, 3.63) is 81.1 Å². The van der Waals surface area contributed by atoms with Gasteiger partial charge in [-0.1, -0.05) is 36.4 Å². The van der Waals surface area contributed by atoms with Crippen molar-refractivity contribution < 1.29 is 14.4 Å². The van der Waals surface area contributed by atoms with E-state index in [4.69, 9.17) is 0 Å². The molecule has 0 N–H and O–H groups in total. The molecule has 0 atom stereocenters. The first-order valence-corrected chi connectivity index (χ1v) is 10.7. The normalized spacial score (nSPS) is 18.2. The zero-order valence-electron chi connectivity index (χ0n) is 17.5. The number of anilines is 2. The van der Waals surface area contributed by atoms with Crippen molar-refractivity contribution >= 4 is 45.8 Å². The van der Waals surface area contributed by atoms with Crippen LogP contribution in [0.15, 0.2) is 64.3 Å². The van der Waals surface area contributed by atoms with Gasteiger partial charge in [-0.25, -0.2) is 9.58 Å². The summed E-state index contributed by atoms with van der Waals surface area (Å²) in [7, 11) is 3.31. The number of nitrogens with zero attached hydrogens (tertiary/aromatic N) is 4. The Hall–Kier alpha value is -3.85. The van der Waals surface area contributed by atoms with E-state index < -0.39 is 16.7 Å². The van der Waals surface area contributed by atoms with Crippen LogP contribution in [0.25, 0.3) is 11.3 Å². The zero-order valence-corrected chi connectivity index (χ0v) is 18.3. The molecule has 9 heteroatoms. The molecule has 1 saturated heterocycles. The topological polar surface area (TPSA) is 84.6 Å². The van der Waals surface area contributed by atoms with E-state index >= 15 is 0 Å². The second-order valence-corrected chi connectivity index (χ2v) is 8.47. The lowest BCUT2D eigenvalue weighted by molar-refractivity contribution is -0.115. The number of amides is 3. The summed E-state index contributed by atoms with van der Waals surface area (Å²) in [5.74, 6) is -1.03.